The van der Waals surface area contributed by atoms with Gasteiger partial charge in [0, 0.05) is 42.5 Å². The van der Waals surface area contributed by atoms with Crippen LogP contribution in [0, 0.1) is 0 Å². The largest absolute Gasteiger partial charge is 0.357 e. The first kappa shape index (κ1) is 22.8. The van der Waals surface area contributed by atoms with Gasteiger partial charge in [-0.25, -0.2) is 0 Å². The van der Waals surface area contributed by atoms with Crippen molar-refractivity contribution in [2.24, 2.45) is 0 Å². The van der Waals surface area contributed by atoms with Crippen molar-refractivity contribution < 1.29 is 14.4 Å². The highest BCUT2D eigenvalue weighted by molar-refractivity contribution is 6.30. The number of carbonyl (C=O) groups excluding carboxylic acids is 3. The third-order valence-electron chi connectivity index (χ3n) is 6.10. The Kier molecular flexibility index (Phi) is 6.65. The normalized spacial score (nSPS) is 13.3. The van der Waals surface area contributed by atoms with E-state index in [1.807, 2.05) is 48.5 Å². The maximum absolute atomic E-state index is 13.2. The maximum Gasteiger partial charge on any atom is 0.258 e. The van der Waals surface area contributed by atoms with Crippen LogP contribution in [-0.4, -0.2) is 42.3 Å². The minimum atomic E-state index is -0.621. The molecule has 1 unspecified atom stereocenters. The van der Waals surface area contributed by atoms with Crippen LogP contribution >= 0.6 is 11.6 Å². The zero-order valence-electron chi connectivity index (χ0n) is 18.7. The lowest BCUT2D eigenvalue weighted by molar-refractivity contribution is -0.140. The predicted octanol–water partition coefficient (Wildman–Crippen LogP) is 4.40. The van der Waals surface area contributed by atoms with Gasteiger partial charge in [0.1, 0.15) is 6.04 Å². The summed E-state index contributed by atoms with van der Waals surface area (Å²) in [7, 11) is 1.56. The number of anilines is 1. The predicted molar refractivity (Wildman–Crippen MR) is 130 cm³/mol. The van der Waals surface area contributed by atoms with E-state index in [2.05, 4.69) is 5.32 Å². The van der Waals surface area contributed by atoms with E-state index in [-0.39, 0.29) is 24.1 Å². The topological polar surface area (TPSA) is 69.7 Å². The standard InChI is InChI=1S/C26H26ClN3O3/c1-17(25(32)28-2)30(16-18-11-13-20(27)14-12-18)23(31)10-5-15-29-22-9-4-7-19-6-3-8-21(24(19)22)26(29)33/h3-4,6-9,11-14,17H,5,10,15-16H2,1-2H3,(H,28,32). The molecule has 1 heterocycles. The van der Waals surface area contributed by atoms with Crippen molar-refractivity contribution in [3.63, 3.8) is 0 Å². The van der Waals surface area contributed by atoms with Gasteiger partial charge in [-0.15, -0.1) is 0 Å². The maximum atomic E-state index is 13.2. The number of hydrogen-bond acceptors (Lipinski definition) is 3. The fourth-order valence-corrected chi connectivity index (χ4v) is 4.44. The number of halogens is 1. The number of rotatable bonds is 8. The zero-order valence-corrected chi connectivity index (χ0v) is 19.4. The first-order valence-electron chi connectivity index (χ1n) is 11.0. The molecule has 1 aliphatic rings. The van der Waals surface area contributed by atoms with Gasteiger partial charge in [-0.3, -0.25) is 14.4 Å². The molecule has 3 aromatic carbocycles. The van der Waals surface area contributed by atoms with Gasteiger partial charge in [0.2, 0.25) is 11.8 Å². The summed E-state index contributed by atoms with van der Waals surface area (Å²) >= 11 is 5.97. The Morgan fingerprint density at radius 3 is 2.45 bits per heavy atom. The van der Waals surface area contributed by atoms with Crippen molar-refractivity contribution in [3.8, 4) is 0 Å². The molecule has 170 valence electrons. The Bertz CT molecular complexity index is 1200. The molecule has 0 radical (unpaired) electrons. The Hall–Kier alpha value is -3.38. The Morgan fingerprint density at radius 1 is 1.06 bits per heavy atom. The van der Waals surface area contributed by atoms with Crippen LogP contribution in [0.25, 0.3) is 10.8 Å². The molecule has 6 nitrogen and oxygen atoms in total. The van der Waals surface area contributed by atoms with E-state index >= 15 is 0 Å². The Morgan fingerprint density at radius 2 is 1.76 bits per heavy atom. The van der Waals surface area contributed by atoms with Gasteiger partial charge in [0.15, 0.2) is 0 Å². The number of likely N-dealkylation sites (N-methyl/N-ethyl adjacent to an activating group) is 1. The molecule has 0 saturated carbocycles. The molecule has 1 atom stereocenters. The molecule has 0 spiro atoms. The second-order valence-corrected chi connectivity index (χ2v) is 8.62. The molecule has 1 aliphatic heterocycles. The van der Waals surface area contributed by atoms with Crippen LogP contribution in [0.2, 0.25) is 5.02 Å². The number of carbonyl (C=O) groups is 3. The van der Waals surface area contributed by atoms with Gasteiger partial charge in [0.25, 0.3) is 5.91 Å². The summed E-state index contributed by atoms with van der Waals surface area (Å²) in [6.07, 6.45) is 0.720. The average molecular weight is 464 g/mol. The third kappa shape index (κ3) is 4.57. The zero-order chi connectivity index (χ0) is 23.5. The highest BCUT2D eigenvalue weighted by Crippen LogP contribution is 2.37. The second kappa shape index (κ2) is 9.63. The first-order chi connectivity index (χ1) is 15.9. The Labute approximate surface area is 198 Å². The molecule has 7 heteroatoms. The van der Waals surface area contributed by atoms with Crippen molar-refractivity contribution in [2.75, 3.05) is 18.5 Å². The molecule has 0 fully saturated rings. The lowest BCUT2D eigenvalue weighted by Gasteiger charge is -2.29. The fourth-order valence-electron chi connectivity index (χ4n) is 4.31. The summed E-state index contributed by atoms with van der Waals surface area (Å²) in [4.78, 5) is 41.7. The SMILES string of the molecule is CNC(=O)C(C)N(Cc1ccc(Cl)cc1)C(=O)CCCN1C(=O)c2cccc3cccc1c23. The van der Waals surface area contributed by atoms with Crippen LogP contribution in [0.4, 0.5) is 5.69 Å². The number of nitrogens with one attached hydrogen (secondary N) is 1. The first-order valence-corrected chi connectivity index (χ1v) is 11.4. The van der Waals surface area contributed by atoms with E-state index < -0.39 is 6.04 Å². The summed E-state index contributed by atoms with van der Waals surface area (Å²) in [6.45, 7) is 2.45. The highest BCUT2D eigenvalue weighted by Gasteiger charge is 2.30. The van der Waals surface area contributed by atoms with Gasteiger partial charge < -0.3 is 15.1 Å². The molecule has 3 amide bonds. The van der Waals surface area contributed by atoms with Gasteiger partial charge in [-0.2, -0.15) is 0 Å². The molecule has 1 N–H and O–H groups in total. The smallest absolute Gasteiger partial charge is 0.258 e. The quantitative estimate of drug-likeness (QED) is 0.538. The van der Waals surface area contributed by atoms with E-state index in [1.54, 1.807) is 35.9 Å². The van der Waals surface area contributed by atoms with Gasteiger partial charge in [-0.05, 0) is 48.6 Å². The van der Waals surface area contributed by atoms with Crippen molar-refractivity contribution in [1.29, 1.82) is 0 Å². The van der Waals surface area contributed by atoms with Gasteiger partial charge in [0.05, 0.1) is 5.69 Å². The molecular formula is C26H26ClN3O3. The van der Waals surface area contributed by atoms with Crippen LogP contribution < -0.4 is 10.2 Å². The van der Waals surface area contributed by atoms with Crippen molar-refractivity contribution in [1.82, 2.24) is 10.2 Å². The monoisotopic (exact) mass is 463 g/mol. The van der Waals surface area contributed by atoms with E-state index in [9.17, 15) is 14.4 Å². The number of amides is 3. The highest BCUT2D eigenvalue weighted by atomic mass is 35.5. The summed E-state index contributed by atoms with van der Waals surface area (Å²) in [5.74, 6) is -0.399. The molecular weight excluding hydrogens is 438 g/mol. The molecule has 3 aromatic rings. The van der Waals surface area contributed by atoms with Crippen LogP contribution in [-0.2, 0) is 16.1 Å². The molecule has 0 bridgehead atoms. The molecule has 0 aliphatic carbocycles. The Balaban J connectivity index is 1.45. The molecule has 33 heavy (non-hydrogen) atoms. The minimum Gasteiger partial charge on any atom is -0.357 e. The minimum absolute atomic E-state index is 0.0361. The summed E-state index contributed by atoms with van der Waals surface area (Å²) in [6, 6.07) is 18.2. The van der Waals surface area contributed by atoms with Crippen molar-refractivity contribution >= 4 is 45.8 Å². The fraction of sp³-hybridized carbons (Fsp3) is 0.269. The van der Waals surface area contributed by atoms with E-state index in [4.69, 9.17) is 11.6 Å². The summed E-state index contributed by atoms with van der Waals surface area (Å²) in [5.41, 5.74) is 2.48. The molecule has 0 saturated heterocycles. The van der Waals surface area contributed by atoms with Crippen LogP contribution in [0.3, 0.4) is 0 Å². The van der Waals surface area contributed by atoms with Crippen molar-refractivity contribution in [2.45, 2.75) is 32.4 Å². The third-order valence-corrected chi connectivity index (χ3v) is 6.35. The summed E-state index contributed by atoms with van der Waals surface area (Å²) < 4.78 is 0. The van der Waals surface area contributed by atoms with Crippen molar-refractivity contribution in [3.05, 3.63) is 76.8 Å². The number of benzene rings is 3. The van der Waals surface area contributed by atoms with Crippen LogP contribution in [0.15, 0.2) is 60.7 Å². The average Bonchev–Trinajstić information content (AvgIpc) is 3.10. The summed E-state index contributed by atoms with van der Waals surface area (Å²) in [5, 5.41) is 5.23. The van der Waals surface area contributed by atoms with E-state index in [0.717, 1.165) is 22.0 Å². The van der Waals surface area contributed by atoms with E-state index in [1.165, 1.54) is 0 Å². The molecule has 4 rings (SSSR count). The number of nitrogens with zero attached hydrogens (tertiary/aromatic N) is 2. The second-order valence-electron chi connectivity index (χ2n) is 8.18. The van der Waals surface area contributed by atoms with Crippen LogP contribution in [0.1, 0.15) is 35.7 Å². The van der Waals surface area contributed by atoms with E-state index in [0.29, 0.717) is 30.1 Å². The van der Waals surface area contributed by atoms with Crippen LogP contribution in [0.5, 0.6) is 0 Å². The lowest BCUT2D eigenvalue weighted by atomic mass is 10.1. The van der Waals surface area contributed by atoms with Gasteiger partial charge >= 0.3 is 0 Å². The van der Waals surface area contributed by atoms with Gasteiger partial charge in [-0.1, -0.05) is 48.0 Å². The molecule has 0 aromatic heterocycles. The number of hydrogen-bond donors (Lipinski definition) is 1. The lowest BCUT2D eigenvalue weighted by Crippen LogP contribution is -2.46.